The number of rotatable bonds is 8. The number of esters is 1. The molecule has 0 saturated heterocycles. The second-order valence-corrected chi connectivity index (χ2v) is 10.0. The second kappa shape index (κ2) is 9.90. The zero-order chi connectivity index (χ0) is 22.4. The van der Waals surface area contributed by atoms with Crippen LogP contribution in [0.1, 0.15) is 17.3 Å². The molecule has 9 nitrogen and oxygen atoms in total. The van der Waals surface area contributed by atoms with E-state index in [-0.39, 0.29) is 38.3 Å². The van der Waals surface area contributed by atoms with Gasteiger partial charge in [0.25, 0.3) is 0 Å². The molecule has 0 radical (unpaired) electrons. The number of nitrogens with two attached hydrogens (primary N) is 1. The van der Waals surface area contributed by atoms with Gasteiger partial charge in [-0.3, -0.25) is 4.79 Å². The van der Waals surface area contributed by atoms with Gasteiger partial charge in [0.05, 0.1) is 24.1 Å². The largest absolute Gasteiger partial charge is 0.462 e. The Labute approximate surface area is 187 Å². The molecule has 3 aromatic rings. The van der Waals surface area contributed by atoms with Crippen molar-refractivity contribution < 1.29 is 22.7 Å². The van der Waals surface area contributed by atoms with Gasteiger partial charge in [0.1, 0.15) is 14.9 Å². The van der Waals surface area contributed by atoms with Crippen LogP contribution in [-0.4, -0.2) is 42.6 Å². The number of thioether (sulfide) groups is 1. The Morgan fingerprint density at radius 2 is 2.06 bits per heavy atom. The summed E-state index contributed by atoms with van der Waals surface area (Å²) in [6, 6.07) is 9.48. The summed E-state index contributed by atoms with van der Waals surface area (Å²) in [5.41, 5.74) is 6.59. The standard InChI is InChI=1S/C19H18N4O5S3/c1-2-28-18(25)12-5-3-6-13(9-12)22-15(24)11-30-19-21-10-14(17(20)23-19)31(26,27)16-7-4-8-29-16/h3-10H,2,11H2,1H3,(H,22,24)(H2,20,21,23). The first-order chi connectivity index (χ1) is 14.8. The zero-order valence-electron chi connectivity index (χ0n) is 16.3. The summed E-state index contributed by atoms with van der Waals surface area (Å²) in [6.45, 7) is 1.96. The van der Waals surface area contributed by atoms with Gasteiger partial charge in [-0.15, -0.1) is 11.3 Å². The third-order valence-corrected chi connectivity index (χ3v) is 7.83. The number of nitrogen functional groups attached to an aromatic ring is 1. The number of carbonyl (C=O) groups excluding carboxylic acids is 2. The Kier molecular flexibility index (Phi) is 7.25. The van der Waals surface area contributed by atoms with Crippen molar-refractivity contribution in [2.75, 3.05) is 23.4 Å². The minimum atomic E-state index is -3.79. The predicted octanol–water partition coefficient (Wildman–Crippen LogP) is 2.86. The van der Waals surface area contributed by atoms with Crippen LogP contribution < -0.4 is 11.1 Å². The van der Waals surface area contributed by atoms with E-state index in [0.717, 1.165) is 29.3 Å². The highest BCUT2D eigenvalue weighted by Gasteiger charge is 2.23. The molecule has 2 heterocycles. The summed E-state index contributed by atoms with van der Waals surface area (Å²) in [5.74, 6) is -1.06. The van der Waals surface area contributed by atoms with Crippen LogP contribution in [0, 0.1) is 0 Å². The molecule has 12 heteroatoms. The SMILES string of the molecule is CCOC(=O)c1cccc(NC(=O)CSc2ncc(S(=O)(=O)c3cccs3)c(N)n2)c1. The van der Waals surface area contributed by atoms with Crippen molar-refractivity contribution >= 4 is 56.3 Å². The molecule has 0 unspecified atom stereocenters. The summed E-state index contributed by atoms with van der Waals surface area (Å²) in [4.78, 5) is 31.8. The third kappa shape index (κ3) is 5.60. The Morgan fingerprint density at radius 1 is 1.26 bits per heavy atom. The van der Waals surface area contributed by atoms with Gasteiger partial charge in [0.2, 0.25) is 15.7 Å². The van der Waals surface area contributed by atoms with Gasteiger partial charge in [0, 0.05) is 5.69 Å². The Balaban J connectivity index is 1.63. The Hall–Kier alpha value is -2.96. The molecule has 0 aliphatic rings. The van der Waals surface area contributed by atoms with Crippen LogP contribution in [0.15, 0.2) is 62.2 Å². The summed E-state index contributed by atoms with van der Waals surface area (Å²) in [5, 5.41) is 4.48. The molecule has 0 bridgehead atoms. The molecular weight excluding hydrogens is 460 g/mol. The van der Waals surface area contributed by atoms with Crippen molar-refractivity contribution in [1.82, 2.24) is 9.97 Å². The quantitative estimate of drug-likeness (QED) is 0.284. The summed E-state index contributed by atoms with van der Waals surface area (Å²) in [7, 11) is -3.79. The molecule has 2 aromatic heterocycles. The molecule has 0 spiro atoms. The van der Waals surface area contributed by atoms with Gasteiger partial charge in [-0.25, -0.2) is 23.2 Å². The summed E-state index contributed by atoms with van der Waals surface area (Å²) < 4.78 is 30.2. The van der Waals surface area contributed by atoms with E-state index in [1.807, 2.05) is 0 Å². The lowest BCUT2D eigenvalue weighted by Crippen LogP contribution is -2.15. The summed E-state index contributed by atoms with van der Waals surface area (Å²) >= 11 is 2.07. The molecule has 1 aromatic carbocycles. The van der Waals surface area contributed by atoms with E-state index in [0.29, 0.717) is 11.3 Å². The first-order valence-corrected chi connectivity index (χ1v) is 12.3. The number of hydrogen-bond donors (Lipinski definition) is 2. The van der Waals surface area contributed by atoms with E-state index in [4.69, 9.17) is 10.5 Å². The highest BCUT2D eigenvalue weighted by molar-refractivity contribution is 7.99. The number of aromatic nitrogens is 2. The highest BCUT2D eigenvalue weighted by Crippen LogP contribution is 2.28. The number of anilines is 2. The normalized spacial score (nSPS) is 11.1. The van der Waals surface area contributed by atoms with Crippen molar-refractivity contribution in [3.05, 3.63) is 53.5 Å². The van der Waals surface area contributed by atoms with Gasteiger partial charge in [-0.1, -0.05) is 23.9 Å². The van der Waals surface area contributed by atoms with E-state index in [9.17, 15) is 18.0 Å². The van der Waals surface area contributed by atoms with Crippen LogP contribution >= 0.6 is 23.1 Å². The van der Waals surface area contributed by atoms with E-state index < -0.39 is 15.8 Å². The Morgan fingerprint density at radius 3 is 2.74 bits per heavy atom. The van der Waals surface area contributed by atoms with Crippen LogP contribution in [0.4, 0.5) is 11.5 Å². The Bertz CT molecular complexity index is 1200. The molecule has 0 aliphatic heterocycles. The molecular formula is C19H18N4O5S3. The van der Waals surface area contributed by atoms with Gasteiger partial charge >= 0.3 is 5.97 Å². The fourth-order valence-electron chi connectivity index (χ4n) is 2.43. The van der Waals surface area contributed by atoms with E-state index in [1.165, 1.54) is 12.1 Å². The number of nitrogens with one attached hydrogen (secondary N) is 1. The second-order valence-electron chi connectivity index (χ2n) is 5.98. The molecule has 31 heavy (non-hydrogen) atoms. The van der Waals surface area contributed by atoms with Crippen molar-refractivity contribution in [2.45, 2.75) is 21.2 Å². The summed E-state index contributed by atoms with van der Waals surface area (Å²) in [6.07, 6.45) is 1.14. The lowest BCUT2D eigenvalue weighted by atomic mass is 10.2. The molecule has 0 saturated carbocycles. The van der Waals surface area contributed by atoms with E-state index >= 15 is 0 Å². The minimum absolute atomic E-state index is 0.0416. The van der Waals surface area contributed by atoms with Gasteiger partial charge in [0.15, 0.2) is 5.16 Å². The molecule has 1 amide bonds. The first kappa shape index (κ1) is 22.7. The third-order valence-electron chi connectivity index (χ3n) is 3.80. The monoisotopic (exact) mass is 478 g/mol. The molecule has 162 valence electrons. The number of thiophene rings is 1. The lowest BCUT2D eigenvalue weighted by molar-refractivity contribution is -0.113. The van der Waals surface area contributed by atoms with Crippen molar-refractivity contribution in [2.24, 2.45) is 0 Å². The van der Waals surface area contributed by atoms with Crippen LogP contribution in [0.2, 0.25) is 0 Å². The zero-order valence-corrected chi connectivity index (χ0v) is 18.7. The number of nitrogens with zero attached hydrogens (tertiary/aromatic N) is 2. The number of ether oxygens (including phenoxy) is 1. The van der Waals surface area contributed by atoms with Crippen LogP contribution in [0.3, 0.4) is 0 Å². The number of sulfone groups is 1. The van der Waals surface area contributed by atoms with Crippen molar-refractivity contribution in [3.8, 4) is 0 Å². The maximum atomic E-state index is 12.6. The fraction of sp³-hybridized carbons (Fsp3) is 0.158. The molecule has 0 fully saturated rings. The van der Waals surface area contributed by atoms with Crippen LogP contribution in [0.25, 0.3) is 0 Å². The molecule has 3 rings (SSSR count). The van der Waals surface area contributed by atoms with Gasteiger partial charge in [-0.2, -0.15) is 0 Å². The smallest absolute Gasteiger partial charge is 0.338 e. The molecule has 0 aliphatic carbocycles. The number of benzene rings is 1. The van der Waals surface area contributed by atoms with Crippen LogP contribution in [0.5, 0.6) is 0 Å². The van der Waals surface area contributed by atoms with Crippen molar-refractivity contribution in [1.29, 1.82) is 0 Å². The molecule has 3 N–H and O–H groups in total. The maximum Gasteiger partial charge on any atom is 0.338 e. The average Bonchev–Trinajstić information content (AvgIpc) is 3.28. The number of amides is 1. The van der Waals surface area contributed by atoms with Crippen LogP contribution in [-0.2, 0) is 19.4 Å². The average molecular weight is 479 g/mol. The minimum Gasteiger partial charge on any atom is -0.462 e. The number of hydrogen-bond acceptors (Lipinski definition) is 10. The van der Waals surface area contributed by atoms with Gasteiger partial charge < -0.3 is 15.8 Å². The predicted molar refractivity (Wildman–Crippen MR) is 118 cm³/mol. The van der Waals surface area contributed by atoms with E-state index in [1.54, 1.807) is 36.6 Å². The maximum absolute atomic E-state index is 12.6. The lowest BCUT2D eigenvalue weighted by Gasteiger charge is -2.08. The van der Waals surface area contributed by atoms with Crippen molar-refractivity contribution in [3.63, 3.8) is 0 Å². The topological polar surface area (TPSA) is 141 Å². The molecule has 0 atom stereocenters. The van der Waals surface area contributed by atoms with E-state index in [2.05, 4.69) is 15.3 Å². The highest BCUT2D eigenvalue weighted by atomic mass is 32.2. The fourth-order valence-corrected chi connectivity index (χ4v) is 5.43. The number of carbonyl (C=O) groups is 2. The first-order valence-electron chi connectivity index (χ1n) is 8.92. The van der Waals surface area contributed by atoms with Gasteiger partial charge in [-0.05, 0) is 36.6 Å².